The Morgan fingerprint density at radius 1 is 1.17 bits per heavy atom. The van der Waals surface area contributed by atoms with Crippen LogP contribution in [0.25, 0.3) is 0 Å². The maximum absolute atomic E-state index is 12.7. The van der Waals surface area contributed by atoms with Crippen molar-refractivity contribution in [3.05, 3.63) is 12.4 Å². The minimum absolute atomic E-state index is 0.0208. The number of Topliss-reactive ketones (excluding diaryl/α,β-unsaturated/α-hetero) is 1. The van der Waals surface area contributed by atoms with Crippen molar-refractivity contribution in [1.82, 2.24) is 14.9 Å². The van der Waals surface area contributed by atoms with Gasteiger partial charge in [-0.2, -0.15) is 0 Å². The van der Waals surface area contributed by atoms with Crippen molar-refractivity contribution in [2.75, 3.05) is 20.2 Å². The number of hydrogen-bond donors (Lipinski definition) is 0. The molecular formula is C17H23N3O4. The standard InChI is InChI=1S/C17H23N3O4/c1-23-15-16(19-9-8-18-15)24-14-3-2-10-20(11-14)17(22)12-4-6-13(21)7-5-12/h8-9,12,14H,2-7,10-11H2,1H3. The summed E-state index contributed by atoms with van der Waals surface area (Å²) < 4.78 is 11.1. The van der Waals surface area contributed by atoms with Gasteiger partial charge in [-0.15, -0.1) is 0 Å². The SMILES string of the molecule is COc1nccnc1OC1CCCN(C(=O)C2CCC(=O)CC2)C1. The molecule has 130 valence electrons. The van der Waals surface area contributed by atoms with E-state index in [0.29, 0.717) is 44.0 Å². The van der Waals surface area contributed by atoms with Gasteiger partial charge in [0.2, 0.25) is 5.91 Å². The van der Waals surface area contributed by atoms with Gasteiger partial charge < -0.3 is 14.4 Å². The Kier molecular flexibility index (Phi) is 5.27. The maximum atomic E-state index is 12.7. The molecule has 1 unspecified atom stereocenters. The first-order valence-corrected chi connectivity index (χ1v) is 8.49. The molecule has 7 nitrogen and oxygen atoms in total. The first-order valence-electron chi connectivity index (χ1n) is 8.49. The van der Waals surface area contributed by atoms with Gasteiger partial charge in [0, 0.05) is 37.7 Å². The van der Waals surface area contributed by atoms with Crippen LogP contribution in [0.3, 0.4) is 0 Å². The van der Waals surface area contributed by atoms with Gasteiger partial charge in [0.25, 0.3) is 11.8 Å². The predicted molar refractivity (Wildman–Crippen MR) is 85.8 cm³/mol. The predicted octanol–water partition coefficient (Wildman–Crippen LogP) is 1.61. The van der Waals surface area contributed by atoms with Gasteiger partial charge >= 0.3 is 0 Å². The van der Waals surface area contributed by atoms with E-state index in [4.69, 9.17) is 9.47 Å². The number of rotatable bonds is 4. The van der Waals surface area contributed by atoms with E-state index in [1.165, 1.54) is 7.11 Å². The molecular weight excluding hydrogens is 310 g/mol. The second-order valence-corrected chi connectivity index (χ2v) is 6.35. The third-order valence-corrected chi connectivity index (χ3v) is 4.69. The van der Waals surface area contributed by atoms with E-state index in [0.717, 1.165) is 19.4 Å². The fraction of sp³-hybridized carbons (Fsp3) is 0.647. The lowest BCUT2D eigenvalue weighted by Gasteiger charge is -2.35. The van der Waals surface area contributed by atoms with Crippen molar-refractivity contribution in [3.63, 3.8) is 0 Å². The Labute approximate surface area is 141 Å². The van der Waals surface area contributed by atoms with Crippen molar-refractivity contribution in [1.29, 1.82) is 0 Å². The zero-order chi connectivity index (χ0) is 16.9. The number of aromatic nitrogens is 2. The molecule has 2 fully saturated rings. The fourth-order valence-corrected chi connectivity index (χ4v) is 3.37. The van der Waals surface area contributed by atoms with Gasteiger partial charge in [-0.05, 0) is 25.7 Å². The highest BCUT2D eigenvalue weighted by molar-refractivity contribution is 5.84. The highest BCUT2D eigenvalue weighted by Gasteiger charge is 2.32. The van der Waals surface area contributed by atoms with Crippen LogP contribution < -0.4 is 9.47 Å². The smallest absolute Gasteiger partial charge is 0.278 e. The van der Waals surface area contributed by atoms with E-state index >= 15 is 0 Å². The molecule has 0 bridgehead atoms. The summed E-state index contributed by atoms with van der Waals surface area (Å²) in [5, 5.41) is 0. The van der Waals surface area contributed by atoms with E-state index in [2.05, 4.69) is 9.97 Å². The summed E-state index contributed by atoms with van der Waals surface area (Å²) in [7, 11) is 1.53. The first-order chi connectivity index (χ1) is 11.7. The van der Waals surface area contributed by atoms with Crippen LogP contribution in [-0.4, -0.2) is 52.9 Å². The maximum Gasteiger partial charge on any atom is 0.278 e. The van der Waals surface area contributed by atoms with E-state index in [1.807, 2.05) is 4.90 Å². The zero-order valence-corrected chi connectivity index (χ0v) is 13.9. The van der Waals surface area contributed by atoms with Crippen molar-refractivity contribution in [2.45, 2.75) is 44.6 Å². The Morgan fingerprint density at radius 3 is 2.58 bits per heavy atom. The van der Waals surface area contributed by atoms with E-state index in [1.54, 1.807) is 12.4 Å². The minimum Gasteiger partial charge on any atom is -0.477 e. The quantitative estimate of drug-likeness (QED) is 0.833. The zero-order valence-electron chi connectivity index (χ0n) is 13.9. The van der Waals surface area contributed by atoms with Crippen molar-refractivity contribution >= 4 is 11.7 Å². The number of hydrogen-bond acceptors (Lipinski definition) is 6. The summed E-state index contributed by atoms with van der Waals surface area (Å²) >= 11 is 0. The second-order valence-electron chi connectivity index (χ2n) is 6.35. The van der Waals surface area contributed by atoms with E-state index in [-0.39, 0.29) is 23.7 Å². The third-order valence-electron chi connectivity index (χ3n) is 4.69. The van der Waals surface area contributed by atoms with Crippen LogP contribution >= 0.6 is 0 Å². The average molecular weight is 333 g/mol. The Morgan fingerprint density at radius 2 is 1.88 bits per heavy atom. The van der Waals surface area contributed by atoms with Gasteiger partial charge in [0.15, 0.2) is 0 Å². The number of methoxy groups -OCH3 is 1. The molecule has 2 heterocycles. The Balaban J connectivity index is 1.60. The van der Waals surface area contributed by atoms with Crippen LogP contribution in [0.1, 0.15) is 38.5 Å². The van der Waals surface area contributed by atoms with Crippen LogP contribution in [0.15, 0.2) is 12.4 Å². The van der Waals surface area contributed by atoms with Gasteiger partial charge in [-0.1, -0.05) is 0 Å². The number of likely N-dealkylation sites (tertiary alicyclic amines) is 1. The lowest BCUT2D eigenvalue weighted by Crippen LogP contribution is -2.47. The number of amides is 1. The third kappa shape index (κ3) is 3.83. The van der Waals surface area contributed by atoms with Gasteiger partial charge in [-0.3, -0.25) is 9.59 Å². The summed E-state index contributed by atoms with van der Waals surface area (Å²) in [5.41, 5.74) is 0. The molecule has 1 aromatic rings. The molecule has 1 saturated carbocycles. The summed E-state index contributed by atoms with van der Waals surface area (Å²) in [6.07, 6.45) is 7.17. The lowest BCUT2D eigenvalue weighted by molar-refractivity contribution is -0.140. The molecule has 0 spiro atoms. The molecule has 0 aromatic carbocycles. The molecule has 7 heteroatoms. The average Bonchev–Trinajstić information content (AvgIpc) is 2.62. The van der Waals surface area contributed by atoms with Gasteiger partial charge in [0.1, 0.15) is 11.9 Å². The highest BCUT2D eigenvalue weighted by atomic mass is 16.5. The lowest BCUT2D eigenvalue weighted by atomic mass is 9.87. The normalized spacial score (nSPS) is 22.3. The molecule has 3 rings (SSSR count). The molecule has 1 aliphatic carbocycles. The van der Waals surface area contributed by atoms with Crippen LogP contribution in [0, 0.1) is 5.92 Å². The molecule has 0 radical (unpaired) electrons. The number of ether oxygens (including phenoxy) is 2. The monoisotopic (exact) mass is 333 g/mol. The molecule has 1 amide bonds. The van der Waals surface area contributed by atoms with Crippen LogP contribution in [-0.2, 0) is 9.59 Å². The van der Waals surface area contributed by atoms with Crippen molar-refractivity contribution in [2.24, 2.45) is 5.92 Å². The van der Waals surface area contributed by atoms with Crippen LogP contribution in [0.2, 0.25) is 0 Å². The van der Waals surface area contributed by atoms with Crippen LogP contribution in [0.4, 0.5) is 0 Å². The number of carbonyl (C=O) groups excluding carboxylic acids is 2. The molecule has 1 saturated heterocycles. The number of carbonyl (C=O) groups is 2. The molecule has 1 aliphatic heterocycles. The topological polar surface area (TPSA) is 81.6 Å². The first kappa shape index (κ1) is 16.7. The van der Waals surface area contributed by atoms with Crippen LogP contribution in [0.5, 0.6) is 11.8 Å². The Hall–Kier alpha value is -2.18. The molecule has 24 heavy (non-hydrogen) atoms. The fourth-order valence-electron chi connectivity index (χ4n) is 3.37. The van der Waals surface area contributed by atoms with E-state index in [9.17, 15) is 9.59 Å². The number of ketones is 1. The van der Waals surface area contributed by atoms with Crippen molar-refractivity contribution in [3.8, 4) is 11.8 Å². The summed E-state index contributed by atoms with van der Waals surface area (Å²) in [4.78, 5) is 34.1. The molecule has 1 aromatic heterocycles. The van der Waals surface area contributed by atoms with Gasteiger partial charge in [0.05, 0.1) is 13.7 Å². The highest BCUT2D eigenvalue weighted by Crippen LogP contribution is 2.27. The van der Waals surface area contributed by atoms with Crippen molar-refractivity contribution < 1.29 is 19.1 Å². The minimum atomic E-state index is -0.112. The largest absolute Gasteiger partial charge is 0.477 e. The summed E-state index contributed by atoms with van der Waals surface area (Å²) in [5.74, 6) is 1.12. The number of nitrogens with zero attached hydrogens (tertiary/aromatic N) is 3. The summed E-state index contributed by atoms with van der Waals surface area (Å²) in [6.45, 7) is 1.30. The molecule has 1 atom stereocenters. The summed E-state index contributed by atoms with van der Waals surface area (Å²) in [6, 6.07) is 0. The molecule has 0 N–H and O–H groups in total. The Bertz CT molecular complexity index is 597. The second kappa shape index (κ2) is 7.59. The van der Waals surface area contributed by atoms with Gasteiger partial charge in [-0.25, -0.2) is 9.97 Å². The van der Waals surface area contributed by atoms with E-state index < -0.39 is 0 Å². The molecule has 2 aliphatic rings. The number of piperidine rings is 1.